The molecule has 0 aliphatic rings. The van der Waals surface area contributed by atoms with Crippen molar-refractivity contribution in [3.05, 3.63) is 29.4 Å². The molecule has 1 aromatic heterocycles. The number of Topliss-reactive ketones (excluding diaryl/α,β-unsaturated/α-hetero) is 1. The molecule has 1 heterocycles. The number of carbonyl (C=O) groups excluding carboxylic acids is 1. The molecule has 0 bridgehead atoms. The fourth-order valence-corrected chi connectivity index (χ4v) is 0.797. The zero-order valence-corrected chi connectivity index (χ0v) is 8.48. The van der Waals surface area contributed by atoms with E-state index < -0.39 is 5.54 Å². The Hall–Kier alpha value is -1.58. The average molecular weight is 195 g/mol. The lowest BCUT2D eigenvalue weighted by molar-refractivity contribution is -0.517. The lowest BCUT2D eigenvalue weighted by Crippen LogP contribution is -2.40. The topological polar surface area (TPSA) is 56.3 Å². The fraction of sp³-hybridized carbons (Fsp3) is 0.400. The van der Waals surface area contributed by atoms with Gasteiger partial charge in [0, 0.05) is 20.8 Å². The molecular formula is C10H13NO3. The van der Waals surface area contributed by atoms with Gasteiger partial charge in [0.25, 0.3) is 0 Å². The third kappa shape index (κ3) is 2.02. The van der Waals surface area contributed by atoms with Crippen molar-refractivity contribution >= 4 is 12.0 Å². The van der Waals surface area contributed by atoms with Gasteiger partial charge in [-0.15, -0.1) is 0 Å². The Morgan fingerprint density at radius 2 is 2.29 bits per heavy atom. The lowest BCUT2D eigenvalue weighted by atomic mass is 10.0. The highest BCUT2D eigenvalue weighted by Crippen LogP contribution is 2.09. The average Bonchev–Trinajstić information content (AvgIpc) is 2.56. The quantitative estimate of drug-likeness (QED) is 0.318. The van der Waals surface area contributed by atoms with Gasteiger partial charge in [0.2, 0.25) is 17.5 Å². The van der Waals surface area contributed by atoms with Crippen LogP contribution in [0.4, 0.5) is 0 Å². The van der Waals surface area contributed by atoms with Crippen LogP contribution in [-0.2, 0) is 4.79 Å². The summed E-state index contributed by atoms with van der Waals surface area (Å²) in [4.78, 5) is 11.1. The van der Waals surface area contributed by atoms with E-state index in [0.717, 1.165) is 0 Å². The van der Waals surface area contributed by atoms with E-state index in [1.807, 2.05) is 0 Å². The van der Waals surface area contributed by atoms with Gasteiger partial charge in [-0.05, 0) is 12.1 Å². The van der Waals surface area contributed by atoms with E-state index in [-0.39, 0.29) is 5.78 Å². The van der Waals surface area contributed by atoms with Gasteiger partial charge < -0.3 is 9.62 Å². The first kappa shape index (κ1) is 10.5. The molecule has 0 saturated carbocycles. The molecule has 0 unspecified atom stereocenters. The van der Waals surface area contributed by atoms with Crippen LogP contribution in [0.15, 0.2) is 22.8 Å². The maximum atomic E-state index is 11.6. The second kappa shape index (κ2) is 3.65. The lowest BCUT2D eigenvalue weighted by Gasteiger charge is -2.20. The number of hydroxylamine groups is 1. The van der Waals surface area contributed by atoms with Gasteiger partial charge in [0.1, 0.15) is 0 Å². The van der Waals surface area contributed by atoms with Crippen LogP contribution >= 0.6 is 0 Å². The second-order valence-electron chi connectivity index (χ2n) is 3.59. The Bertz CT molecular complexity index is 349. The zero-order chi connectivity index (χ0) is 10.8. The number of furan rings is 1. The van der Waals surface area contributed by atoms with Crippen LogP contribution in [0.5, 0.6) is 0 Å². The SMILES string of the molecule is CC(=O)C(C)(C)[N+]([O-])=Cc1ccco1. The Morgan fingerprint density at radius 1 is 1.64 bits per heavy atom. The highest BCUT2D eigenvalue weighted by molar-refractivity contribution is 5.84. The van der Waals surface area contributed by atoms with Crippen molar-refractivity contribution in [2.24, 2.45) is 0 Å². The number of hydrogen-bond donors (Lipinski definition) is 0. The van der Waals surface area contributed by atoms with Crippen LogP contribution in [0, 0.1) is 5.21 Å². The van der Waals surface area contributed by atoms with Crippen LogP contribution in [0.1, 0.15) is 26.5 Å². The molecule has 0 aliphatic carbocycles. The van der Waals surface area contributed by atoms with Crippen molar-refractivity contribution in [2.45, 2.75) is 26.3 Å². The summed E-state index contributed by atoms with van der Waals surface area (Å²) in [6.07, 6.45) is 2.74. The normalized spacial score (nSPS) is 12.9. The van der Waals surface area contributed by atoms with E-state index >= 15 is 0 Å². The zero-order valence-electron chi connectivity index (χ0n) is 8.48. The molecule has 14 heavy (non-hydrogen) atoms. The molecule has 0 spiro atoms. The van der Waals surface area contributed by atoms with Gasteiger partial charge in [-0.3, -0.25) is 4.79 Å². The van der Waals surface area contributed by atoms with Gasteiger partial charge in [0.05, 0.1) is 6.26 Å². The smallest absolute Gasteiger partial charge is 0.224 e. The Labute approximate surface area is 82.4 Å². The van der Waals surface area contributed by atoms with Crippen molar-refractivity contribution in [1.82, 2.24) is 0 Å². The highest BCUT2D eigenvalue weighted by Gasteiger charge is 2.32. The summed E-state index contributed by atoms with van der Waals surface area (Å²) < 4.78 is 5.58. The van der Waals surface area contributed by atoms with Crippen molar-refractivity contribution < 1.29 is 14.0 Å². The number of hydrogen-bond acceptors (Lipinski definition) is 3. The van der Waals surface area contributed by atoms with E-state index in [0.29, 0.717) is 10.5 Å². The molecule has 0 amide bonds. The van der Waals surface area contributed by atoms with Crippen molar-refractivity contribution in [3.63, 3.8) is 0 Å². The molecule has 0 saturated heterocycles. The first-order valence-electron chi connectivity index (χ1n) is 4.30. The fourth-order valence-electron chi connectivity index (χ4n) is 0.797. The molecule has 0 atom stereocenters. The summed E-state index contributed by atoms with van der Waals surface area (Å²) in [5.74, 6) is 0.254. The third-order valence-corrected chi connectivity index (χ3v) is 2.20. The summed E-state index contributed by atoms with van der Waals surface area (Å²) >= 11 is 0. The largest absolute Gasteiger partial charge is 0.623 e. The molecular weight excluding hydrogens is 182 g/mol. The number of nitrogens with zero attached hydrogens (tertiary/aromatic N) is 1. The Balaban J connectivity index is 2.95. The number of ketones is 1. The molecule has 76 valence electrons. The van der Waals surface area contributed by atoms with Crippen LogP contribution < -0.4 is 0 Å². The molecule has 1 aromatic rings. The number of carbonyl (C=O) groups is 1. The first-order valence-corrected chi connectivity index (χ1v) is 4.30. The summed E-state index contributed by atoms with van der Waals surface area (Å²) in [5.41, 5.74) is -1.05. The molecule has 0 N–H and O–H groups in total. The minimum absolute atomic E-state index is 0.185. The van der Waals surface area contributed by atoms with E-state index in [2.05, 4.69) is 0 Å². The van der Waals surface area contributed by atoms with Gasteiger partial charge in [-0.2, -0.15) is 4.74 Å². The van der Waals surface area contributed by atoms with Crippen LogP contribution in [0.2, 0.25) is 0 Å². The van der Waals surface area contributed by atoms with Crippen molar-refractivity contribution in [2.75, 3.05) is 0 Å². The minimum atomic E-state index is -1.05. The molecule has 0 radical (unpaired) electrons. The van der Waals surface area contributed by atoms with E-state index in [1.54, 1.807) is 26.0 Å². The van der Waals surface area contributed by atoms with Crippen molar-refractivity contribution in [1.29, 1.82) is 0 Å². The van der Waals surface area contributed by atoms with E-state index in [4.69, 9.17) is 4.42 Å². The number of rotatable bonds is 3. The standard InChI is InChI=1S/C10H13NO3/c1-8(12)10(2,3)11(13)7-9-5-4-6-14-9/h4-7H,1-3H3. The van der Waals surface area contributed by atoms with Crippen molar-refractivity contribution in [3.8, 4) is 0 Å². The van der Waals surface area contributed by atoms with Crippen LogP contribution in [-0.4, -0.2) is 22.3 Å². The molecule has 4 nitrogen and oxygen atoms in total. The van der Waals surface area contributed by atoms with Gasteiger partial charge >= 0.3 is 0 Å². The van der Waals surface area contributed by atoms with Gasteiger partial charge in [-0.25, -0.2) is 0 Å². The first-order chi connectivity index (χ1) is 6.44. The Morgan fingerprint density at radius 3 is 2.71 bits per heavy atom. The minimum Gasteiger partial charge on any atom is -0.623 e. The predicted octanol–water partition coefficient (Wildman–Crippen LogP) is 1.58. The summed E-state index contributed by atoms with van der Waals surface area (Å²) in [6.45, 7) is 4.53. The molecule has 4 heteroatoms. The molecule has 0 fully saturated rings. The Kier molecular flexibility index (Phi) is 2.74. The maximum absolute atomic E-state index is 11.6. The maximum Gasteiger partial charge on any atom is 0.224 e. The van der Waals surface area contributed by atoms with E-state index in [9.17, 15) is 10.0 Å². The summed E-state index contributed by atoms with van der Waals surface area (Å²) in [5, 5.41) is 11.6. The molecule has 0 aliphatic heterocycles. The van der Waals surface area contributed by atoms with Crippen LogP contribution in [0.25, 0.3) is 0 Å². The van der Waals surface area contributed by atoms with E-state index in [1.165, 1.54) is 19.4 Å². The van der Waals surface area contributed by atoms with Gasteiger partial charge in [-0.1, -0.05) is 0 Å². The van der Waals surface area contributed by atoms with Crippen LogP contribution in [0.3, 0.4) is 0 Å². The second-order valence-corrected chi connectivity index (χ2v) is 3.59. The highest BCUT2D eigenvalue weighted by atomic mass is 16.5. The molecule has 0 aromatic carbocycles. The summed E-state index contributed by atoms with van der Waals surface area (Å²) in [7, 11) is 0. The molecule has 1 rings (SSSR count). The predicted molar refractivity (Wildman–Crippen MR) is 52.3 cm³/mol. The monoisotopic (exact) mass is 195 g/mol. The third-order valence-electron chi connectivity index (χ3n) is 2.20. The summed E-state index contributed by atoms with van der Waals surface area (Å²) in [6, 6.07) is 3.33. The van der Waals surface area contributed by atoms with Gasteiger partial charge in [0.15, 0.2) is 5.76 Å².